The van der Waals surface area contributed by atoms with Gasteiger partial charge in [-0.15, -0.1) is 0 Å². The highest BCUT2D eigenvalue weighted by Gasteiger charge is 2.28. The fourth-order valence-electron chi connectivity index (χ4n) is 2.96. The maximum atomic E-state index is 12.3. The van der Waals surface area contributed by atoms with Gasteiger partial charge in [-0.2, -0.15) is 0 Å². The van der Waals surface area contributed by atoms with Gasteiger partial charge in [-0.1, -0.05) is 6.07 Å². The number of hydrogen-bond donors (Lipinski definition) is 1. The summed E-state index contributed by atoms with van der Waals surface area (Å²) in [5, 5.41) is 14.1. The van der Waals surface area contributed by atoms with Gasteiger partial charge in [-0.3, -0.25) is 19.9 Å². The number of carbonyl (C=O) groups excluding carboxylic acids is 1. The standard InChI is InChI=1S/C17H19N5O3/c23-17(20-12-13-3-1-7-18-11-13)14-5-9-21(10-6-14)16-15(22(24)25)4-2-8-19-16/h1-4,7-8,11,14H,5-6,9-10,12H2,(H,20,23). The van der Waals surface area contributed by atoms with Crippen molar-refractivity contribution in [1.82, 2.24) is 15.3 Å². The van der Waals surface area contributed by atoms with Gasteiger partial charge < -0.3 is 10.2 Å². The summed E-state index contributed by atoms with van der Waals surface area (Å²) in [6.07, 6.45) is 6.26. The van der Waals surface area contributed by atoms with E-state index in [1.807, 2.05) is 17.0 Å². The zero-order valence-electron chi connectivity index (χ0n) is 13.7. The molecule has 0 radical (unpaired) electrons. The minimum Gasteiger partial charge on any atom is -0.352 e. The third-order valence-electron chi connectivity index (χ3n) is 4.32. The zero-order valence-corrected chi connectivity index (χ0v) is 13.7. The molecule has 1 aliphatic rings. The molecule has 25 heavy (non-hydrogen) atoms. The van der Waals surface area contributed by atoms with Crippen molar-refractivity contribution in [2.45, 2.75) is 19.4 Å². The lowest BCUT2D eigenvalue weighted by atomic mass is 9.95. The lowest BCUT2D eigenvalue weighted by Gasteiger charge is -2.31. The molecule has 0 bridgehead atoms. The number of aromatic nitrogens is 2. The average Bonchev–Trinajstić information content (AvgIpc) is 2.67. The van der Waals surface area contributed by atoms with Crippen LogP contribution in [0.25, 0.3) is 0 Å². The zero-order chi connectivity index (χ0) is 17.6. The molecule has 0 saturated carbocycles. The molecule has 3 heterocycles. The van der Waals surface area contributed by atoms with E-state index in [4.69, 9.17) is 0 Å². The lowest BCUT2D eigenvalue weighted by molar-refractivity contribution is -0.384. The third kappa shape index (κ3) is 4.09. The molecule has 1 fully saturated rings. The molecule has 3 rings (SSSR count). The van der Waals surface area contributed by atoms with Crippen LogP contribution >= 0.6 is 0 Å². The first-order valence-corrected chi connectivity index (χ1v) is 8.16. The largest absolute Gasteiger partial charge is 0.352 e. The number of nitrogens with one attached hydrogen (secondary N) is 1. The first kappa shape index (κ1) is 16.8. The predicted molar refractivity (Wildman–Crippen MR) is 91.9 cm³/mol. The van der Waals surface area contributed by atoms with E-state index in [-0.39, 0.29) is 17.5 Å². The molecule has 0 atom stereocenters. The second-order valence-electron chi connectivity index (χ2n) is 5.94. The van der Waals surface area contributed by atoms with Gasteiger partial charge in [0.2, 0.25) is 11.7 Å². The SMILES string of the molecule is O=C(NCc1cccnc1)C1CCN(c2ncccc2[N+](=O)[O-])CC1. The van der Waals surface area contributed by atoms with Gasteiger partial charge in [0.1, 0.15) is 0 Å². The number of nitro groups is 1. The van der Waals surface area contributed by atoms with Gasteiger partial charge in [0, 0.05) is 50.2 Å². The normalized spacial score (nSPS) is 15.0. The topological polar surface area (TPSA) is 101 Å². The molecule has 1 N–H and O–H groups in total. The Hall–Kier alpha value is -3.03. The monoisotopic (exact) mass is 341 g/mol. The molecular weight excluding hydrogens is 322 g/mol. The van der Waals surface area contributed by atoms with Crippen LogP contribution in [-0.4, -0.2) is 33.9 Å². The van der Waals surface area contributed by atoms with Crippen LogP contribution in [0.5, 0.6) is 0 Å². The highest BCUT2D eigenvalue weighted by molar-refractivity contribution is 5.79. The van der Waals surface area contributed by atoms with E-state index in [1.54, 1.807) is 24.7 Å². The number of hydrogen-bond acceptors (Lipinski definition) is 6. The Morgan fingerprint density at radius 2 is 2.04 bits per heavy atom. The molecule has 130 valence electrons. The minimum atomic E-state index is -0.422. The second kappa shape index (κ2) is 7.69. The predicted octanol–water partition coefficient (Wildman–Crippen LogP) is 1.92. The van der Waals surface area contributed by atoms with E-state index in [0.717, 1.165) is 5.56 Å². The first-order valence-electron chi connectivity index (χ1n) is 8.16. The van der Waals surface area contributed by atoms with Crippen LogP contribution in [0, 0.1) is 16.0 Å². The van der Waals surface area contributed by atoms with E-state index in [9.17, 15) is 14.9 Å². The number of pyridine rings is 2. The van der Waals surface area contributed by atoms with Crippen molar-refractivity contribution in [3.8, 4) is 0 Å². The van der Waals surface area contributed by atoms with Crippen molar-refractivity contribution in [3.05, 3.63) is 58.5 Å². The summed E-state index contributed by atoms with van der Waals surface area (Å²) in [6.45, 7) is 1.60. The van der Waals surface area contributed by atoms with Crippen LogP contribution in [0.3, 0.4) is 0 Å². The van der Waals surface area contributed by atoms with Crippen LogP contribution in [0.4, 0.5) is 11.5 Å². The molecular formula is C17H19N5O3. The number of nitrogens with zero attached hydrogens (tertiary/aromatic N) is 4. The van der Waals surface area contributed by atoms with Gasteiger partial charge in [-0.05, 0) is 30.5 Å². The van der Waals surface area contributed by atoms with Crippen molar-refractivity contribution in [1.29, 1.82) is 0 Å². The Kier molecular flexibility index (Phi) is 5.17. The van der Waals surface area contributed by atoms with Gasteiger partial charge in [0.25, 0.3) is 0 Å². The fourth-order valence-corrected chi connectivity index (χ4v) is 2.96. The maximum absolute atomic E-state index is 12.3. The van der Waals surface area contributed by atoms with Crippen LogP contribution in [0.1, 0.15) is 18.4 Å². The van der Waals surface area contributed by atoms with Crippen LogP contribution in [-0.2, 0) is 11.3 Å². The van der Waals surface area contributed by atoms with Crippen molar-refractivity contribution >= 4 is 17.4 Å². The summed E-state index contributed by atoms with van der Waals surface area (Å²) in [5.41, 5.74) is 0.958. The van der Waals surface area contributed by atoms with Crippen molar-refractivity contribution in [2.24, 2.45) is 5.92 Å². The highest BCUT2D eigenvalue weighted by atomic mass is 16.6. The van der Waals surface area contributed by atoms with Gasteiger partial charge >= 0.3 is 5.69 Å². The number of anilines is 1. The Morgan fingerprint density at radius 3 is 2.72 bits per heavy atom. The van der Waals surface area contributed by atoms with E-state index in [2.05, 4.69) is 15.3 Å². The van der Waals surface area contributed by atoms with E-state index < -0.39 is 4.92 Å². The Labute approximate surface area is 145 Å². The molecule has 1 saturated heterocycles. The summed E-state index contributed by atoms with van der Waals surface area (Å²) in [7, 11) is 0. The van der Waals surface area contributed by atoms with Crippen molar-refractivity contribution < 1.29 is 9.72 Å². The summed E-state index contributed by atoms with van der Waals surface area (Å²) >= 11 is 0. The van der Waals surface area contributed by atoms with Gasteiger partial charge in [-0.25, -0.2) is 4.98 Å². The molecule has 0 unspecified atom stereocenters. The Morgan fingerprint density at radius 1 is 1.28 bits per heavy atom. The van der Waals surface area contributed by atoms with E-state index in [0.29, 0.717) is 38.3 Å². The van der Waals surface area contributed by atoms with Crippen LogP contribution in [0.2, 0.25) is 0 Å². The minimum absolute atomic E-state index is 0.00183. The molecule has 1 aliphatic heterocycles. The van der Waals surface area contributed by atoms with Crippen LogP contribution < -0.4 is 10.2 Å². The second-order valence-corrected chi connectivity index (χ2v) is 5.94. The average molecular weight is 341 g/mol. The van der Waals surface area contributed by atoms with Crippen molar-refractivity contribution in [3.63, 3.8) is 0 Å². The number of rotatable bonds is 5. The Bertz CT molecular complexity index is 745. The highest BCUT2D eigenvalue weighted by Crippen LogP contribution is 2.29. The van der Waals surface area contributed by atoms with Gasteiger partial charge in [0.15, 0.2) is 0 Å². The van der Waals surface area contributed by atoms with E-state index in [1.165, 1.54) is 6.07 Å². The molecule has 0 aromatic carbocycles. The number of carbonyl (C=O) groups is 1. The van der Waals surface area contributed by atoms with E-state index >= 15 is 0 Å². The quantitative estimate of drug-likeness (QED) is 0.658. The lowest BCUT2D eigenvalue weighted by Crippen LogP contribution is -2.40. The van der Waals surface area contributed by atoms with Gasteiger partial charge in [0.05, 0.1) is 4.92 Å². The Balaban J connectivity index is 1.55. The molecule has 2 aromatic heterocycles. The molecule has 8 nitrogen and oxygen atoms in total. The summed E-state index contributed by atoms with van der Waals surface area (Å²) in [6, 6.07) is 6.76. The number of piperidine rings is 1. The molecule has 2 aromatic rings. The fraction of sp³-hybridized carbons (Fsp3) is 0.353. The summed E-state index contributed by atoms with van der Waals surface area (Å²) in [4.78, 5) is 33.1. The summed E-state index contributed by atoms with van der Waals surface area (Å²) < 4.78 is 0. The van der Waals surface area contributed by atoms with Crippen molar-refractivity contribution in [2.75, 3.05) is 18.0 Å². The molecule has 0 spiro atoms. The molecule has 0 aliphatic carbocycles. The first-order chi connectivity index (χ1) is 12.1. The summed E-state index contributed by atoms with van der Waals surface area (Å²) in [5.74, 6) is 0.302. The third-order valence-corrected chi connectivity index (χ3v) is 4.32. The van der Waals surface area contributed by atoms with Crippen LogP contribution in [0.15, 0.2) is 42.9 Å². The molecule has 1 amide bonds. The number of amides is 1. The smallest absolute Gasteiger partial charge is 0.311 e. The maximum Gasteiger partial charge on any atom is 0.311 e. The molecule has 8 heteroatoms.